The van der Waals surface area contributed by atoms with Gasteiger partial charge in [-0.2, -0.15) is 0 Å². The molecule has 2 aliphatic heterocycles. The number of piperidine rings is 2. The summed E-state index contributed by atoms with van der Waals surface area (Å²) in [6.07, 6.45) is -0.278. The minimum absolute atomic E-state index is 0.0234. The monoisotopic (exact) mass is 276 g/mol. The Balaban J connectivity index is 2.35. The average Bonchev–Trinajstić information content (AvgIpc) is 2.17. The number of alkyl halides is 1. The van der Waals surface area contributed by atoms with Crippen molar-refractivity contribution >= 4 is 27.7 Å². The molecule has 2 saturated heterocycles. The number of carbonyl (C=O) groups is 2. The fourth-order valence-corrected chi connectivity index (χ4v) is 3.39. The van der Waals surface area contributed by atoms with E-state index in [2.05, 4.69) is 15.9 Å². The third-order valence-electron chi connectivity index (χ3n) is 3.46. The van der Waals surface area contributed by atoms with Crippen LogP contribution in [0, 0.1) is 11.8 Å². The molecule has 1 aliphatic carbocycles. The molecule has 84 valence electrons. The molecule has 2 amide bonds. The van der Waals surface area contributed by atoms with Crippen LogP contribution in [0.15, 0.2) is 0 Å². The van der Waals surface area contributed by atoms with Gasteiger partial charge in [-0.25, -0.2) is 0 Å². The van der Waals surface area contributed by atoms with Gasteiger partial charge in [-0.15, -0.1) is 0 Å². The summed E-state index contributed by atoms with van der Waals surface area (Å²) in [5.74, 6) is -1.23. The van der Waals surface area contributed by atoms with Crippen molar-refractivity contribution in [1.29, 1.82) is 0 Å². The van der Waals surface area contributed by atoms with Gasteiger partial charge in [0.2, 0.25) is 11.8 Å². The van der Waals surface area contributed by atoms with E-state index in [-0.39, 0.29) is 16.7 Å². The highest BCUT2D eigenvalue weighted by Gasteiger charge is 2.55. The largest absolute Gasteiger partial charge is 0.390 e. The van der Waals surface area contributed by atoms with E-state index in [4.69, 9.17) is 5.73 Å². The number of primary amides is 1. The topological polar surface area (TPSA) is 83.6 Å². The van der Waals surface area contributed by atoms with E-state index in [1.807, 2.05) is 0 Å². The number of hydrogen-bond donors (Lipinski definition) is 2. The lowest BCUT2D eigenvalue weighted by molar-refractivity contribution is -0.161. The Hall–Kier alpha value is -0.620. The first-order valence-electron chi connectivity index (χ1n) is 4.83. The Morgan fingerprint density at radius 3 is 2.80 bits per heavy atom. The molecule has 2 bridgehead atoms. The molecular formula is C9H13BrN2O3. The lowest BCUT2D eigenvalue weighted by Gasteiger charge is -2.51. The number of nitrogens with two attached hydrogens (primary N) is 1. The molecule has 5 unspecified atom stereocenters. The number of rotatable bonds is 1. The van der Waals surface area contributed by atoms with Crippen molar-refractivity contribution in [2.45, 2.75) is 23.4 Å². The number of amides is 2. The van der Waals surface area contributed by atoms with Gasteiger partial charge >= 0.3 is 0 Å². The third-order valence-corrected chi connectivity index (χ3v) is 4.64. The fraction of sp³-hybridized carbons (Fsp3) is 0.778. The van der Waals surface area contributed by atoms with Crippen LogP contribution < -0.4 is 5.73 Å². The number of fused-ring (bicyclic) bond motifs is 3. The Kier molecular flexibility index (Phi) is 2.50. The summed E-state index contributed by atoms with van der Waals surface area (Å²) < 4.78 is 0. The molecule has 0 radical (unpaired) electrons. The third kappa shape index (κ3) is 1.38. The van der Waals surface area contributed by atoms with E-state index in [0.717, 1.165) is 0 Å². The normalized spacial score (nSPS) is 44.6. The molecule has 3 rings (SSSR count). The van der Waals surface area contributed by atoms with Crippen LogP contribution >= 0.6 is 15.9 Å². The predicted octanol–water partition coefficient (Wildman–Crippen LogP) is -0.927. The Bertz CT molecular complexity index is 322. The van der Waals surface area contributed by atoms with Gasteiger partial charge in [-0.1, -0.05) is 15.9 Å². The van der Waals surface area contributed by atoms with Gasteiger partial charge < -0.3 is 15.7 Å². The van der Waals surface area contributed by atoms with Crippen molar-refractivity contribution in [3.63, 3.8) is 0 Å². The van der Waals surface area contributed by atoms with Crippen LogP contribution in [-0.4, -0.2) is 45.8 Å². The van der Waals surface area contributed by atoms with Crippen molar-refractivity contribution in [2.24, 2.45) is 17.6 Å². The first-order valence-corrected chi connectivity index (χ1v) is 5.75. The summed E-state index contributed by atoms with van der Waals surface area (Å²) in [6.45, 7) is 0. The fourth-order valence-electron chi connectivity index (χ4n) is 2.64. The first-order chi connectivity index (χ1) is 6.95. The second-order valence-electron chi connectivity index (χ2n) is 4.23. The molecule has 0 aromatic heterocycles. The van der Waals surface area contributed by atoms with Crippen molar-refractivity contribution in [1.82, 2.24) is 4.90 Å². The van der Waals surface area contributed by atoms with Crippen LogP contribution in [0.4, 0.5) is 0 Å². The minimum Gasteiger partial charge on any atom is -0.390 e. The van der Waals surface area contributed by atoms with E-state index < -0.39 is 24.0 Å². The molecule has 3 N–H and O–H groups in total. The standard InChI is InChI=1S/C9H13BrN2O3/c1-12-6-4(8(11)14)2-3(9(12)15)5(10)7(6)13/h3-7,13H,2H2,1H3,(H2,11,14). The number of likely N-dealkylation sites (N-methyl/N-ethyl adjacent to an activating group) is 1. The van der Waals surface area contributed by atoms with Crippen molar-refractivity contribution in [2.75, 3.05) is 7.05 Å². The van der Waals surface area contributed by atoms with Crippen LogP contribution in [-0.2, 0) is 9.59 Å². The van der Waals surface area contributed by atoms with Crippen molar-refractivity contribution < 1.29 is 14.7 Å². The number of aliphatic hydroxyl groups is 1. The number of hydrogen-bond acceptors (Lipinski definition) is 3. The zero-order valence-corrected chi connectivity index (χ0v) is 9.85. The Morgan fingerprint density at radius 1 is 1.67 bits per heavy atom. The van der Waals surface area contributed by atoms with Gasteiger partial charge in [-0.3, -0.25) is 9.59 Å². The van der Waals surface area contributed by atoms with E-state index in [9.17, 15) is 14.7 Å². The number of carbonyl (C=O) groups excluding carboxylic acids is 2. The number of nitrogens with zero attached hydrogens (tertiary/aromatic N) is 1. The highest BCUT2D eigenvalue weighted by atomic mass is 79.9. The molecule has 0 aromatic rings. The smallest absolute Gasteiger partial charge is 0.227 e. The molecule has 0 spiro atoms. The Morgan fingerprint density at radius 2 is 2.27 bits per heavy atom. The van der Waals surface area contributed by atoms with Gasteiger partial charge in [-0.05, 0) is 6.42 Å². The van der Waals surface area contributed by atoms with E-state index in [1.165, 1.54) is 4.90 Å². The summed E-state index contributed by atoms with van der Waals surface area (Å²) in [5, 5.41) is 9.93. The molecule has 3 fully saturated rings. The molecule has 15 heavy (non-hydrogen) atoms. The van der Waals surface area contributed by atoms with Crippen molar-refractivity contribution in [3.8, 4) is 0 Å². The number of aliphatic hydroxyl groups excluding tert-OH is 1. The van der Waals surface area contributed by atoms with Crippen LogP contribution in [0.3, 0.4) is 0 Å². The summed E-state index contributed by atoms with van der Waals surface area (Å²) in [6, 6.07) is -0.482. The van der Waals surface area contributed by atoms with Gasteiger partial charge in [0.25, 0.3) is 0 Å². The zero-order valence-electron chi connectivity index (χ0n) is 8.26. The van der Waals surface area contributed by atoms with Gasteiger partial charge in [0.05, 0.1) is 28.8 Å². The van der Waals surface area contributed by atoms with Gasteiger partial charge in [0, 0.05) is 7.05 Å². The molecule has 5 nitrogen and oxygen atoms in total. The van der Waals surface area contributed by atoms with Gasteiger partial charge in [0.15, 0.2) is 0 Å². The minimum atomic E-state index is -0.719. The van der Waals surface area contributed by atoms with Crippen molar-refractivity contribution in [3.05, 3.63) is 0 Å². The summed E-state index contributed by atoms with van der Waals surface area (Å²) >= 11 is 3.31. The lowest BCUT2D eigenvalue weighted by atomic mass is 9.70. The molecule has 6 heteroatoms. The quantitative estimate of drug-likeness (QED) is 0.607. The second kappa shape index (κ2) is 3.45. The van der Waals surface area contributed by atoms with Crippen LogP contribution in [0.2, 0.25) is 0 Å². The highest BCUT2D eigenvalue weighted by molar-refractivity contribution is 9.09. The maximum Gasteiger partial charge on any atom is 0.227 e. The first kappa shape index (κ1) is 10.9. The van der Waals surface area contributed by atoms with E-state index >= 15 is 0 Å². The molecule has 0 aromatic carbocycles. The molecule has 2 heterocycles. The number of halogens is 1. The zero-order chi connectivity index (χ0) is 11.3. The molecular weight excluding hydrogens is 264 g/mol. The Labute approximate surface area is 95.7 Å². The van der Waals surface area contributed by atoms with E-state index in [1.54, 1.807) is 7.05 Å². The maximum absolute atomic E-state index is 11.7. The molecule has 3 aliphatic rings. The molecule has 5 atom stereocenters. The maximum atomic E-state index is 11.7. The summed E-state index contributed by atoms with van der Waals surface area (Å²) in [4.78, 5) is 24.1. The summed E-state index contributed by atoms with van der Waals surface area (Å²) in [7, 11) is 1.61. The van der Waals surface area contributed by atoms with Gasteiger partial charge in [0.1, 0.15) is 0 Å². The van der Waals surface area contributed by atoms with Crippen LogP contribution in [0.25, 0.3) is 0 Å². The van der Waals surface area contributed by atoms with Crippen LogP contribution in [0.1, 0.15) is 6.42 Å². The average molecular weight is 277 g/mol. The highest BCUT2D eigenvalue weighted by Crippen LogP contribution is 2.42. The second-order valence-corrected chi connectivity index (χ2v) is 5.28. The van der Waals surface area contributed by atoms with E-state index in [0.29, 0.717) is 6.42 Å². The SMILES string of the molecule is CN1C(=O)C2CC(C(N)=O)C1C(O)C2Br. The molecule has 1 saturated carbocycles. The predicted molar refractivity (Wildman–Crippen MR) is 56.1 cm³/mol. The lowest BCUT2D eigenvalue weighted by Crippen LogP contribution is -2.68. The van der Waals surface area contributed by atoms with Crippen LogP contribution in [0.5, 0.6) is 0 Å². The summed E-state index contributed by atoms with van der Waals surface area (Å²) in [5.41, 5.74) is 5.27.